The van der Waals surface area contributed by atoms with Gasteiger partial charge in [0.2, 0.25) is 0 Å². The largest absolute Gasteiger partial charge is 0.310 e. The van der Waals surface area contributed by atoms with Gasteiger partial charge in [0.05, 0.1) is 5.41 Å². The molecule has 230 valence electrons. The number of benzene rings is 8. The third kappa shape index (κ3) is 4.18. The van der Waals surface area contributed by atoms with Crippen LogP contribution in [0, 0.1) is 0 Å². The molecule has 1 aromatic heterocycles. The number of anilines is 3. The molecule has 0 N–H and O–H groups in total. The first-order valence-electron chi connectivity index (χ1n) is 16.9. The third-order valence-corrected chi connectivity index (χ3v) is 11.5. The van der Waals surface area contributed by atoms with Crippen LogP contribution >= 0.6 is 11.3 Å². The van der Waals surface area contributed by atoms with Crippen molar-refractivity contribution < 1.29 is 0 Å². The molecule has 2 heteroatoms. The molecule has 1 aliphatic rings. The Morgan fingerprint density at radius 3 is 1.88 bits per heavy atom. The summed E-state index contributed by atoms with van der Waals surface area (Å²) in [6.45, 7) is 0. The molecule has 0 bridgehead atoms. The lowest BCUT2D eigenvalue weighted by atomic mass is 9.67. The Kier molecular flexibility index (Phi) is 6.34. The second-order valence-corrected chi connectivity index (χ2v) is 13.9. The second kappa shape index (κ2) is 11.1. The molecule has 1 aliphatic carbocycles. The van der Waals surface area contributed by atoms with Crippen LogP contribution in [0.15, 0.2) is 188 Å². The number of rotatable bonds is 5. The first-order valence-corrected chi connectivity index (χ1v) is 17.7. The van der Waals surface area contributed by atoms with Crippen molar-refractivity contribution in [1.29, 1.82) is 0 Å². The molecule has 0 amide bonds. The predicted octanol–water partition coefficient (Wildman–Crippen LogP) is 13.0. The fraction of sp³-hybridized carbons (Fsp3) is 0.0213. The molecule has 10 rings (SSSR count). The summed E-state index contributed by atoms with van der Waals surface area (Å²) in [4.78, 5) is 2.36. The number of nitrogens with zero attached hydrogens (tertiary/aromatic N) is 1. The molecule has 0 saturated carbocycles. The van der Waals surface area contributed by atoms with Gasteiger partial charge in [0, 0.05) is 42.8 Å². The van der Waals surface area contributed by atoms with Crippen LogP contribution in [0.25, 0.3) is 42.1 Å². The predicted molar refractivity (Wildman–Crippen MR) is 209 cm³/mol. The highest BCUT2D eigenvalue weighted by Crippen LogP contribution is 2.59. The fourth-order valence-electron chi connectivity index (χ4n) is 8.22. The van der Waals surface area contributed by atoms with Crippen molar-refractivity contribution in [1.82, 2.24) is 0 Å². The van der Waals surface area contributed by atoms with Crippen LogP contribution in [0.5, 0.6) is 0 Å². The van der Waals surface area contributed by atoms with Crippen molar-refractivity contribution in [2.24, 2.45) is 0 Å². The number of fused-ring (bicyclic) bond motifs is 8. The summed E-state index contributed by atoms with van der Waals surface area (Å²) >= 11 is 1.92. The van der Waals surface area contributed by atoms with E-state index in [4.69, 9.17) is 0 Å². The van der Waals surface area contributed by atoms with Crippen molar-refractivity contribution in [3.8, 4) is 11.1 Å². The molecule has 1 atom stereocenters. The molecule has 1 unspecified atom stereocenters. The Morgan fingerprint density at radius 2 is 1.04 bits per heavy atom. The van der Waals surface area contributed by atoms with E-state index in [1.165, 1.54) is 64.3 Å². The number of para-hydroxylation sites is 1. The highest BCUT2D eigenvalue weighted by atomic mass is 32.1. The van der Waals surface area contributed by atoms with Gasteiger partial charge in [-0.2, -0.15) is 0 Å². The zero-order valence-electron chi connectivity index (χ0n) is 26.8. The van der Waals surface area contributed by atoms with Gasteiger partial charge < -0.3 is 4.90 Å². The average molecular weight is 642 g/mol. The Bertz CT molecular complexity index is 2660. The zero-order chi connectivity index (χ0) is 32.4. The quantitative estimate of drug-likeness (QED) is 0.181. The maximum Gasteiger partial charge on any atom is 0.0714 e. The Hall–Kier alpha value is -5.96. The number of hydrogen-bond donors (Lipinski definition) is 0. The summed E-state index contributed by atoms with van der Waals surface area (Å²) in [7, 11) is 0. The lowest BCUT2D eigenvalue weighted by molar-refractivity contribution is 0.769. The van der Waals surface area contributed by atoms with E-state index in [0.717, 1.165) is 17.1 Å². The van der Waals surface area contributed by atoms with Gasteiger partial charge in [-0.1, -0.05) is 146 Å². The molecule has 1 heterocycles. The maximum atomic E-state index is 2.41. The van der Waals surface area contributed by atoms with Crippen LogP contribution in [-0.4, -0.2) is 0 Å². The van der Waals surface area contributed by atoms with Crippen LogP contribution in [0.2, 0.25) is 0 Å². The Balaban J connectivity index is 1.21. The first-order chi connectivity index (χ1) is 24.3. The highest BCUT2D eigenvalue weighted by Gasteiger charge is 2.47. The second-order valence-electron chi connectivity index (χ2n) is 12.9. The van der Waals surface area contributed by atoms with E-state index in [1.54, 1.807) is 0 Å². The van der Waals surface area contributed by atoms with Crippen LogP contribution in [0.1, 0.15) is 22.3 Å². The number of thiophene rings is 1. The molecule has 1 nitrogen and oxygen atoms in total. The van der Waals surface area contributed by atoms with E-state index in [1.807, 2.05) is 11.3 Å². The number of hydrogen-bond acceptors (Lipinski definition) is 2. The fourth-order valence-corrected chi connectivity index (χ4v) is 9.48. The molecule has 0 radical (unpaired) electrons. The van der Waals surface area contributed by atoms with E-state index in [2.05, 4.69) is 193 Å². The molecule has 9 aromatic rings. The van der Waals surface area contributed by atoms with E-state index < -0.39 is 5.41 Å². The van der Waals surface area contributed by atoms with Crippen molar-refractivity contribution in [2.75, 3.05) is 4.90 Å². The Labute approximate surface area is 290 Å². The van der Waals surface area contributed by atoms with E-state index in [9.17, 15) is 0 Å². The van der Waals surface area contributed by atoms with Gasteiger partial charge >= 0.3 is 0 Å². The lowest BCUT2D eigenvalue weighted by Gasteiger charge is -2.34. The van der Waals surface area contributed by atoms with Gasteiger partial charge in [-0.3, -0.25) is 0 Å². The molecule has 0 fully saturated rings. The summed E-state index contributed by atoms with van der Waals surface area (Å²) in [6.07, 6.45) is 0. The van der Waals surface area contributed by atoms with Gasteiger partial charge in [-0.25, -0.2) is 0 Å². The van der Waals surface area contributed by atoms with Crippen LogP contribution in [0.4, 0.5) is 17.1 Å². The molecule has 8 aromatic carbocycles. The minimum Gasteiger partial charge on any atom is -0.310 e. The smallest absolute Gasteiger partial charge is 0.0714 e. The van der Waals surface area contributed by atoms with Crippen molar-refractivity contribution in [3.05, 3.63) is 210 Å². The molecule has 49 heavy (non-hydrogen) atoms. The summed E-state index contributed by atoms with van der Waals surface area (Å²) in [5.41, 5.74) is 10.9. The molecule has 0 aliphatic heterocycles. The lowest BCUT2D eigenvalue weighted by Crippen LogP contribution is -2.28. The van der Waals surface area contributed by atoms with Crippen LogP contribution in [-0.2, 0) is 5.41 Å². The minimum absolute atomic E-state index is 0.462. The zero-order valence-corrected chi connectivity index (χ0v) is 27.6. The summed E-state index contributed by atoms with van der Waals surface area (Å²) < 4.78 is 2.70. The van der Waals surface area contributed by atoms with Crippen molar-refractivity contribution >= 4 is 59.3 Å². The van der Waals surface area contributed by atoms with E-state index in [-0.39, 0.29) is 0 Å². The molecule has 0 spiro atoms. The summed E-state index contributed by atoms with van der Waals surface area (Å²) in [5.74, 6) is 0. The van der Waals surface area contributed by atoms with E-state index >= 15 is 0 Å². The van der Waals surface area contributed by atoms with Gasteiger partial charge in [-0.15, -0.1) is 11.3 Å². The standard InChI is InChI=1S/C47H31NS/c1-3-15-34(16-4-1)47(42-21-11-9-20-41(42)45-43(47)30-29-40-39-19-10-12-22-44(39)49-46(40)45)35-24-27-37(28-25-35)48(36-17-5-2-6-18-36)38-26-23-32-13-7-8-14-33(32)31-38/h1-31H. The maximum absolute atomic E-state index is 2.41. The van der Waals surface area contributed by atoms with Gasteiger partial charge in [0.15, 0.2) is 0 Å². The molecular formula is C47H31NS. The van der Waals surface area contributed by atoms with Crippen molar-refractivity contribution in [2.45, 2.75) is 5.41 Å². The molecular weight excluding hydrogens is 611 g/mol. The van der Waals surface area contributed by atoms with Crippen LogP contribution < -0.4 is 4.90 Å². The highest BCUT2D eigenvalue weighted by molar-refractivity contribution is 7.26. The topological polar surface area (TPSA) is 3.24 Å². The third-order valence-electron chi connectivity index (χ3n) is 10.3. The van der Waals surface area contributed by atoms with E-state index in [0.29, 0.717) is 0 Å². The summed E-state index contributed by atoms with van der Waals surface area (Å²) in [5, 5.41) is 5.14. The van der Waals surface area contributed by atoms with Gasteiger partial charge in [-0.05, 0) is 81.1 Å². The first kappa shape index (κ1) is 28.1. The van der Waals surface area contributed by atoms with Crippen molar-refractivity contribution in [3.63, 3.8) is 0 Å². The Morgan fingerprint density at radius 1 is 0.408 bits per heavy atom. The minimum atomic E-state index is -0.462. The monoisotopic (exact) mass is 641 g/mol. The molecule has 0 saturated heterocycles. The summed E-state index contributed by atoms with van der Waals surface area (Å²) in [6, 6.07) is 69.1. The average Bonchev–Trinajstić information content (AvgIpc) is 3.70. The van der Waals surface area contributed by atoms with Gasteiger partial charge in [0.25, 0.3) is 0 Å². The van der Waals surface area contributed by atoms with Gasteiger partial charge in [0.1, 0.15) is 0 Å². The SMILES string of the molecule is c1ccc(N(c2ccc(C3(c4ccccc4)c4ccccc4-c4c3ccc3c4sc4ccccc43)cc2)c2ccc3ccccc3c2)cc1. The van der Waals surface area contributed by atoms with Crippen LogP contribution in [0.3, 0.4) is 0 Å². The normalized spacial score (nSPS) is 15.0.